The third-order valence-electron chi connectivity index (χ3n) is 2.50. The zero-order chi connectivity index (χ0) is 12.5. The topological polar surface area (TPSA) is 68.5 Å². The van der Waals surface area contributed by atoms with Gasteiger partial charge in [0.15, 0.2) is 17.0 Å². The van der Waals surface area contributed by atoms with E-state index in [2.05, 4.69) is 25.6 Å². The van der Waals surface area contributed by atoms with E-state index >= 15 is 0 Å². The Kier molecular flexibility index (Phi) is 2.36. The highest BCUT2D eigenvalue weighted by molar-refractivity contribution is 5.84. The minimum atomic E-state index is -0.284. The van der Waals surface area contributed by atoms with Crippen molar-refractivity contribution in [2.75, 3.05) is 5.32 Å². The van der Waals surface area contributed by atoms with Crippen molar-refractivity contribution in [3.8, 4) is 0 Å². The number of anilines is 2. The number of nitrogens with one attached hydrogen (secondary N) is 1. The Morgan fingerprint density at radius 3 is 2.72 bits per heavy atom. The van der Waals surface area contributed by atoms with Crippen molar-refractivity contribution < 1.29 is 4.39 Å². The lowest BCUT2D eigenvalue weighted by Gasteiger charge is -2.04. The van der Waals surface area contributed by atoms with E-state index in [-0.39, 0.29) is 5.82 Å². The summed E-state index contributed by atoms with van der Waals surface area (Å²) in [6.07, 6.45) is 1.43. The van der Waals surface area contributed by atoms with E-state index in [1.54, 1.807) is 23.9 Å². The van der Waals surface area contributed by atoms with Crippen LogP contribution in [0.15, 0.2) is 30.6 Å². The minimum absolute atomic E-state index is 0.284. The van der Waals surface area contributed by atoms with Gasteiger partial charge < -0.3 is 5.32 Å². The highest BCUT2D eigenvalue weighted by Gasteiger charge is 2.09. The predicted molar refractivity (Wildman–Crippen MR) is 63.8 cm³/mol. The van der Waals surface area contributed by atoms with Gasteiger partial charge in [0, 0.05) is 12.7 Å². The molecule has 3 rings (SSSR count). The summed E-state index contributed by atoms with van der Waals surface area (Å²) in [6, 6.07) is 5.99. The van der Waals surface area contributed by atoms with Crippen LogP contribution in [-0.2, 0) is 7.05 Å². The van der Waals surface area contributed by atoms with Gasteiger partial charge in [-0.3, -0.25) is 0 Å². The van der Waals surface area contributed by atoms with Crippen LogP contribution in [0.1, 0.15) is 0 Å². The lowest BCUT2D eigenvalue weighted by Crippen LogP contribution is -1.97. The molecule has 0 unspecified atom stereocenters. The Bertz CT molecular complexity index is 690. The van der Waals surface area contributed by atoms with Crippen LogP contribution in [0.4, 0.5) is 15.9 Å². The summed E-state index contributed by atoms with van der Waals surface area (Å²) in [7, 11) is 1.75. The fraction of sp³-hybridized carbons (Fsp3) is 0.0909. The number of hydrogen-bond donors (Lipinski definition) is 1. The molecule has 0 aliphatic carbocycles. The van der Waals surface area contributed by atoms with Crippen molar-refractivity contribution >= 4 is 22.7 Å². The number of nitrogens with zero attached hydrogens (tertiary/aromatic N) is 5. The average molecular weight is 244 g/mol. The Hall–Kier alpha value is -2.57. The number of benzene rings is 1. The molecule has 0 atom stereocenters. The summed E-state index contributed by atoms with van der Waals surface area (Å²) in [4.78, 5) is 8.19. The highest BCUT2D eigenvalue weighted by Crippen LogP contribution is 2.20. The van der Waals surface area contributed by atoms with E-state index in [1.807, 2.05) is 0 Å². The first kappa shape index (κ1) is 10.6. The van der Waals surface area contributed by atoms with Gasteiger partial charge in [-0.25, -0.2) is 19.0 Å². The quantitative estimate of drug-likeness (QED) is 0.742. The lowest BCUT2D eigenvalue weighted by atomic mass is 10.3. The van der Waals surface area contributed by atoms with Crippen LogP contribution < -0.4 is 5.32 Å². The smallest absolute Gasteiger partial charge is 0.183 e. The van der Waals surface area contributed by atoms with E-state index in [4.69, 9.17) is 0 Å². The van der Waals surface area contributed by atoms with Gasteiger partial charge >= 0.3 is 0 Å². The van der Waals surface area contributed by atoms with Crippen molar-refractivity contribution in [1.29, 1.82) is 0 Å². The van der Waals surface area contributed by atoms with E-state index in [9.17, 15) is 4.39 Å². The number of halogens is 1. The molecule has 0 aliphatic rings. The molecule has 0 radical (unpaired) electrons. The maximum absolute atomic E-state index is 12.8. The Morgan fingerprint density at radius 1 is 1.17 bits per heavy atom. The molecule has 7 heteroatoms. The SMILES string of the molecule is Cn1nnc2c(Nc3ccc(F)cc3)ncnc21. The van der Waals surface area contributed by atoms with Crippen LogP contribution in [0.5, 0.6) is 0 Å². The van der Waals surface area contributed by atoms with Crippen LogP contribution >= 0.6 is 0 Å². The van der Waals surface area contributed by atoms with Crippen molar-refractivity contribution in [3.05, 3.63) is 36.4 Å². The van der Waals surface area contributed by atoms with Crippen LogP contribution in [0.25, 0.3) is 11.2 Å². The van der Waals surface area contributed by atoms with Gasteiger partial charge in [-0.2, -0.15) is 0 Å². The molecule has 90 valence electrons. The Labute approximate surface area is 101 Å². The zero-order valence-electron chi connectivity index (χ0n) is 9.50. The van der Waals surface area contributed by atoms with Crippen molar-refractivity contribution in [1.82, 2.24) is 25.0 Å². The lowest BCUT2D eigenvalue weighted by molar-refractivity contribution is 0.628. The highest BCUT2D eigenvalue weighted by atomic mass is 19.1. The Morgan fingerprint density at radius 2 is 1.94 bits per heavy atom. The fourth-order valence-corrected chi connectivity index (χ4v) is 1.61. The van der Waals surface area contributed by atoms with Gasteiger partial charge in [-0.1, -0.05) is 5.21 Å². The molecule has 1 aromatic carbocycles. The second-order valence-electron chi connectivity index (χ2n) is 3.74. The molecule has 0 fully saturated rings. The molecule has 0 aliphatic heterocycles. The van der Waals surface area contributed by atoms with Gasteiger partial charge in [-0.05, 0) is 24.3 Å². The van der Waals surface area contributed by atoms with Crippen LogP contribution in [-0.4, -0.2) is 25.0 Å². The van der Waals surface area contributed by atoms with E-state index in [1.165, 1.54) is 18.5 Å². The molecular formula is C11H9FN6. The maximum atomic E-state index is 12.8. The first-order chi connectivity index (χ1) is 8.74. The third kappa shape index (κ3) is 1.75. The number of rotatable bonds is 2. The molecule has 0 amide bonds. The number of hydrogen-bond acceptors (Lipinski definition) is 5. The predicted octanol–water partition coefficient (Wildman–Crippen LogP) is 1.64. The summed E-state index contributed by atoms with van der Waals surface area (Å²) in [5.74, 6) is 0.257. The summed E-state index contributed by atoms with van der Waals surface area (Å²) >= 11 is 0. The van der Waals surface area contributed by atoms with Gasteiger partial charge in [-0.15, -0.1) is 5.10 Å². The number of aromatic nitrogens is 5. The molecule has 2 heterocycles. The third-order valence-corrected chi connectivity index (χ3v) is 2.50. The molecule has 0 spiro atoms. The Balaban J connectivity index is 2.02. The van der Waals surface area contributed by atoms with Gasteiger partial charge in [0.25, 0.3) is 0 Å². The van der Waals surface area contributed by atoms with Crippen molar-refractivity contribution in [2.45, 2.75) is 0 Å². The molecule has 6 nitrogen and oxygen atoms in total. The van der Waals surface area contributed by atoms with Gasteiger partial charge in [0.05, 0.1) is 0 Å². The molecule has 18 heavy (non-hydrogen) atoms. The molecule has 2 aromatic heterocycles. The van der Waals surface area contributed by atoms with Crippen LogP contribution in [0.3, 0.4) is 0 Å². The fourth-order valence-electron chi connectivity index (χ4n) is 1.61. The average Bonchev–Trinajstić information content (AvgIpc) is 2.76. The molecule has 0 saturated heterocycles. The minimum Gasteiger partial charge on any atom is -0.338 e. The molecule has 0 saturated carbocycles. The summed E-state index contributed by atoms with van der Waals surface area (Å²) in [5, 5.41) is 10.9. The molecule has 1 N–H and O–H groups in total. The van der Waals surface area contributed by atoms with Gasteiger partial charge in [0.2, 0.25) is 0 Å². The van der Waals surface area contributed by atoms with E-state index in [0.29, 0.717) is 17.0 Å². The first-order valence-electron chi connectivity index (χ1n) is 5.27. The number of fused-ring (bicyclic) bond motifs is 1. The monoisotopic (exact) mass is 244 g/mol. The molecule has 3 aromatic rings. The largest absolute Gasteiger partial charge is 0.338 e. The zero-order valence-corrected chi connectivity index (χ0v) is 9.50. The van der Waals surface area contributed by atoms with Crippen molar-refractivity contribution in [3.63, 3.8) is 0 Å². The molecule has 0 bridgehead atoms. The first-order valence-corrected chi connectivity index (χ1v) is 5.27. The van der Waals surface area contributed by atoms with E-state index < -0.39 is 0 Å². The number of aryl methyl sites for hydroxylation is 1. The van der Waals surface area contributed by atoms with Crippen LogP contribution in [0, 0.1) is 5.82 Å². The second-order valence-corrected chi connectivity index (χ2v) is 3.74. The van der Waals surface area contributed by atoms with Gasteiger partial charge in [0.1, 0.15) is 12.1 Å². The van der Waals surface area contributed by atoms with Crippen molar-refractivity contribution in [2.24, 2.45) is 7.05 Å². The summed E-state index contributed by atoms with van der Waals surface area (Å²) in [6.45, 7) is 0. The maximum Gasteiger partial charge on any atom is 0.183 e. The summed E-state index contributed by atoms with van der Waals surface area (Å²) < 4.78 is 14.4. The van der Waals surface area contributed by atoms with E-state index in [0.717, 1.165) is 5.69 Å². The van der Waals surface area contributed by atoms with Crippen LogP contribution in [0.2, 0.25) is 0 Å². The molecular weight excluding hydrogens is 235 g/mol. The standard InChI is InChI=1S/C11H9FN6/c1-18-11-9(16-17-18)10(13-6-14-11)15-8-4-2-7(12)3-5-8/h2-6H,1H3,(H,13,14,15). The normalized spacial score (nSPS) is 10.8. The second kappa shape index (κ2) is 4.02. The summed E-state index contributed by atoms with van der Waals surface area (Å²) in [5.41, 5.74) is 1.93.